The second kappa shape index (κ2) is 4.25. The number of hydrogen-bond donors (Lipinski definition) is 3. The fourth-order valence-electron chi connectivity index (χ4n) is 1.39. The molecule has 0 bridgehead atoms. The van der Waals surface area contributed by atoms with Gasteiger partial charge in [0.15, 0.2) is 0 Å². The Morgan fingerprint density at radius 2 is 2.12 bits per heavy atom. The zero-order valence-corrected chi connectivity index (χ0v) is 9.61. The first-order valence-electron chi connectivity index (χ1n) is 5.13. The highest BCUT2D eigenvalue weighted by molar-refractivity contribution is 6.01. The van der Waals surface area contributed by atoms with E-state index in [-0.39, 0.29) is 17.7 Å². The molecule has 0 spiro atoms. The molecule has 0 unspecified atom stereocenters. The molecule has 0 saturated heterocycles. The Hall–Kier alpha value is -2.37. The lowest BCUT2D eigenvalue weighted by molar-refractivity contribution is 0.101. The quantitative estimate of drug-likeness (QED) is 0.724. The van der Waals surface area contributed by atoms with Crippen LogP contribution in [0.25, 0.3) is 0 Å². The number of nitrogens with one attached hydrogen (secondary N) is 2. The number of aromatic amines is 1. The number of anilines is 2. The number of nitrogens with zero attached hydrogens (tertiary/aromatic N) is 2. The van der Waals surface area contributed by atoms with Crippen LogP contribution in [0, 0.1) is 13.8 Å². The number of aromatic nitrogens is 3. The van der Waals surface area contributed by atoms with Crippen LogP contribution < -0.4 is 11.1 Å². The average molecular weight is 231 g/mol. The van der Waals surface area contributed by atoms with Crippen molar-refractivity contribution in [2.45, 2.75) is 13.8 Å². The molecule has 2 rings (SSSR count). The predicted octanol–water partition coefficient (Wildman–Crippen LogP) is 1.26. The summed E-state index contributed by atoms with van der Waals surface area (Å²) in [5.41, 5.74) is 8.32. The first-order chi connectivity index (χ1) is 8.06. The van der Waals surface area contributed by atoms with Gasteiger partial charge in [0.2, 0.25) is 11.8 Å². The number of rotatable bonds is 2. The number of hydrogen-bond acceptors (Lipinski definition) is 4. The fourth-order valence-corrected chi connectivity index (χ4v) is 1.39. The highest BCUT2D eigenvalue weighted by Gasteiger charge is 2.10. The molecule has 1 amide bonds. The van der Waals surface area contributed by atoms with Gasteiger partial charge in [-0.2, -0.15) is 4.98 Å². The topological polar surface area (TPSA) is 96.7 Å². The summed E-state index contributed by atoms with van der Waals surface area (Å²) in [6.07, 6.45) is 0. The molecule has 0 fully saturated rings. The Bertz CT molecular complexity index is 561. The standard InChI is InChI=1S/C11H13N5O/c1-6-3-4-8(5-7(6)2)13-10(17)9-14-11(12)16-15-9/h3-5H,1-2H3,(H,13,17)(H3,12,14,15,16). The molecule has 1 aromatic heterocycles. The van der Waals surface area contributed by atoms with Gasteiger partial charge in [0.25, 0.3) is 5.91 Å². The Morgan fingerprint density at radius 1 is 1.35 bits per heavy atom. The van der Waals surface area contributed by atoms with Crippen molar-refractivity contribution in [1.29, 1.82) is 0 Å². The van der Waals surface area contributed by atoms with E-state index in [1.807, 2.05) is 32.0 Å². The molecule has 0 aliphatic carbocycles. The van der Waals surface area contributed by atoms with E-state index < -0.39 is 0 Å². The van der Waals surface area contributed by atoms with Gasteiger partial charge in [-0.05, 0) is 37.1 Å². The normalized spacial score (nSPS) is 10.2. The largest absolute Gasteiger partial charge is 0.366 e. The minimum Gasteiger partial charge on any atom is -0.366 e. The molecule has 6 heteroatoms. The molecule has 0 aliphatic heterocycles. The minimum atomic E-state index is -0.363. The van der Waals surface area contributed by atoms with Crippen molar-refractivity contribution in [2.75, 3.05) is 11.1 Å². The maximum Gasteiger partial charge on any atom is 0.293 e. The van der Waals surface area contributed by atoms with Crippen LogP contribution in [0.15, 0.2) is 18.2 Å². The van der Waals surface area contributed by atoms with Gasteiger partial charge in [-0.3, -0.25) is 9.89 Å². The van der Waals surface area contributed by atoms with Gasteiger partial charge in [0.1, 0.15) is 0 Å². The molecule has 4 N–H and O–H groups in total. The maximum absolute atomic E-state index is 11.7. The zero-order valence-electron chi connectivity index (χ0n) is 9.61. The van der Waals surface area contributed by atoms with E-state index in [2.05, 4.69) is 20.5 Å². The van der Waals surface area contributed by atoms with Crippen molar-refractivity contribution in [3.8, 4) is 0 Å². The Labute approximate surface area is 98.3 Å². The second-order valence-electron chi connectivity index (χ2n) is 3.80. The van der Waals surface area contributed by atoms with Crippen molar-refractivity contribution >= 4 is 17.5 Å². The molecule has 0 aliphatic rings. The molecular weight excluding hydrogens is 218 g/mol. The van der Waals surface area contributed by atoms with E-state index in [9.17, 15) is 4.79 Å². The van der Waals surface area contributed by atoms with E-state index in [1.165, 1.54) is 5.56 Å². The molecule has 2 aromatic rings. The molecule has 1 aromatic carbocycles. The van der Waals surface area contributed by atoms with Gasteiger partial charge in [-0.15, -0.1) is 5.10 Å². The number of aryl methyl sites for hydroxylation is 2. The van der Waals surface area contributed by atoms with E-state index in [0.717, 1.165) is 5.56 Å². The minimum absolute atomic E-state index is 0.0511. The molecule has 0 atom stereocenters. The summed E-state index contributed by atoms with van der Waals surface area (Å²) in [6.45, 7) is 4.00. The molecule has 0 saturated carbocycles. The Kier molecular flexibility index (Phi) is 2.78. The van der Waals surface area contributed by atoms with E-state index >= 15 is 0 Å². The summed E-state index contributed by atoms with van der Waals surface area (Å²) in [7, 11) is 0. The highest BCUT2D eigenvalue weighted by Crippen LogP contribution is 2.14. The number of H-pyrrole nitrogens is 1. The number of amides is 1. The van der Waals surface area contributed by atoms with E-state index in [4.69, 9.17) is 5.73 Å². The van der Waals surface area contributed by atoms with Gasteiger partial charge < -0.3 is 11.1 Å². The number of benzene rings is 1. The van der Waals surface area contributed by atoms with Crippen LogP contribution in [0.2, 0.25) is 0 Å². The lowest BCUT2D eigenvalue weighted by Gasteiger charge is -2.05. The van der Waals surface area contributed by atoms with Crippen LogP contribution in [0.4, 0.5) is 11.6 Å². The van der Waals surface area contributed by atoms with Gasteiger partial charge in [-0.25, -0.2) is 0 Å². The second-order valence-corrected chi connectivity index (χ2v) is 3.80. The third-order valence-corrected chi connectivity index (χ3v) is 2.48. The molecule has 88 valence electrons. The number of nitrogens with two attached hydrogens (primary N) is 1. The molecular formula is C11H13N5O. The van der Waals surface area contributed by atoms with E-state index in [0.29, 0.717) is 5.69 Å². The summed E-state index contributed by atoms with van der Waals surface area (Å²) < 4.78 is 0. The summed E-state index contributed by atoms with van der Waals surface area (Å²) in [5.74, 6) is -0.214. The van der Waals surface area contributed by atoms with Crippen LogP contribution in [-0.4, -0.2) is 21.1 Å². The number of carbonyl (C=O) groups is 1. The van der Waals surface area contributed by atoms with Crippen LogP contribution >= 0.6 is 0 Å². The summed E-state index contributed by atoms with van der Waals surface area (Å²) in [6, 6.07) is 5.67. The van der Waals surface area contributed by atoms with Gasteiger partial charge in [0.05, 0.1) is 0 Å². The predicted molar refractivity (Wildman–Crippen MR) is 64.7 cm³/mol. The lowest BCUT2D eigenvalue weighted by Crippen LogP contribution is -2.14. The zero-order chi connectivity index (χ0) is 12.4. The van der Waals surface area contributed by atoms with Gasteiger partial charge in [0, 0.05) is 5.69 Å². The number of nitrogen functional groups attached to an aromatic ring is 1. The summed E-state index contributed by atoms with van der Waals surface area (Å²) in [4.78, 5) is 15.5. The fraction of sp³-hybridized carbons (Fsp3) is 0.182. The Balaban J connectivity index is 2.15. The SMILES string of the molecule is Cc1ccc(NC(=O)c2nc(N)n[nH]2)cc1C. The monoisotopic (exact) mass is 231 g/mol. The third kappa shape index (κ3) is 2.41. The van der Waals surface area contributed by atoms with Gasteiger partial charge in [-0.1, -0.05) is 6.07 Å². The summed E-state index contributed by atoms with van der Waals surface area (Å²) >= 11 is 0. The van der Waals surface area contributed by atoms with Crippen LogP contribution in [0.5, 0.6) is 0 Å². The molecule has 0 radical (unpaired) electrons. The highest BCUT2D eigenvalue weighted by atomic mass is 16.2. The first kappa shape index (κ1) is 11.1. The Morgan fingerprint density at radius 3 is 2.71 bits per heavy atom. The van der Waals surface area contributed by atoms with Crippen molar-refractivity contribution in [3.63, 3.8) is 0 Å². The van der Waals surface area contributed by atoms with Crippen LogP contribution in [-0.2, 0) is 0 Å². The maximum atomic E-state index is 11.7. The smallest absolute Gasteiger partial charge is 0.293 e. The molecule has 6 nitrogen and oxygen atoms in total. The number of carbonyl (C=O) groups excluding carboxylic acids is 1. The van der Waals surface area contributed by atoms with Crippen LogP contribution in [0.1, 0.15) is 21.7 Å². The van der Waals surface area contributed by atoms with E-state index in [1.54, 1.807) is 0 Å². The van der Waals surface area contributed by atoms with Crippen molar-refractivity contribution < 1.29 is 4.79 Å². The molecule has 1 heterocycles. The van der Waals surface area contributed by atoms with Crippen molar-refractivity contribution in [2.24, 2.45) is 0 Å². The first-order valence-corrected chi connectivity index (χ1v) is 5.13. The average Bonchev–Trinajstić information content (AvgIpc) is 2.70. The van der Waals surface area contributed by atoms with Crippen molar-refractivity contribution in [3.05, 3.63) is 35.2 Å². The third-order valence-electron chi connectivity index (χ3n) is 2.48. The van der Waals surface area contributed by atoms with Crippen molar-refractivity contribution in [1.82, 2.24) is 15.2 Å². The molecule has 17 heavy (non-hydrogen) atoms. The van der Waals surface area contributed by atoms with Crippen LogP contribution in [0.3, 0.4) is 0 Å². The van der Waals surface area contributed by atoms with Gasteiger partial charge >= 0.3 is 0 Å². The lowest BCUT2D eigenvalue weighted by atomic mass is 10.1. The summed E-state index contributed by atoms with van der Waals surface area (Å²) in [5, 5.41) is 8.76.